The summed E-state index contributed by atoms with van der Waals surface area (Å²) in [6.45, 7) is 2.64. The van der Waals surface area contributed by atoms with Crippen molar-refractivity contribution in [1.29, 1.82) is 0 Å². The van der Waals surface area contributed by atoms with Gasteiger partial charge in [0.25, 0.3) is 0 Å². The summed E-state index contributed by atoms with van der Waals surface area (Å²) in [5.74, 6) is -4.08. The smallest absolute Gasteiger partial charge is 0.470 e. The second kappa shape index (κ2) is 17.9. The number of aliphatic carboxylic acids is 1. The summed E-state index contributed by atoms with van der Waals surface area (Å²) in [7, 11) is -5.03. The van der Waals surface area contributed by atoms with Gasteiger partial charge in [-0.05, 0) is 85.9 Å². The Balaban J connectivity index is 1.05. The third kappa shape index (κ3) is 9.06. The Morgan fingerprint density at radius 2 is 1.82 bits per heavy atom. The molecule has 62 heavy (non-hydrogen) atoms. The highest BCUT2D eigenvalue weighted by atomic mass is 79.9. The number of alkyl halides is 1. The number of hydrogen-bond donors (Lipinski definition) is 7. The zero-order valence-corrected chi connectivity index (χ0v) is 37.2. The summed E-state index contributed by atoms with van der Waals surface area (Å²) in [5, 5.41) is 28.7. The Hall–Kier alpha value is -3.91. The largest absolute Gasteiger partial charge is 0.481 e. The van der Waals surface area contributed by atoms with Gasteiger partial charge in [0.2, 0.25) is 17.7 Å². The predicted octanol–water partition coefficient (Wildman–Crippen LogP) is 3.86. The number of anilines is 1. The number of Topliss-reactive ketones (excluding diaryl/α,β-unsaturated/α-hetero) is 1. The van der Waals surface area contributed by atoms with Crippen molar-refractivity contribution in [1.82, 2.24) is 10.6 Å². The van der Waals surface area contributed by atoms with E-state index in [4.69, 9.17) is 19.1 Å². The fourth-order valence-electron chi connectivity index (χ4n) is 10.7. The summed E-state index contributed by atoms with van der Waals surface area (Å²) in [4.78, 5) is 95.6. The fraction of sp³-hybridized carbons (Fsp3) is 0.524. The molecule has 1 aromatic heterocycles. The molecule has 10 atom stereocenters. The van der Waals surface area contributed by atoms with Crippen LogP contribution in [-0.4, -0.2) is 97.6 Å². The summed E-state index contributed by atoms with van der Waals surface area (Å²) >= 11 is 4.37. The number of phosphoric ester groups is 1. The number of ketones is 2. The molecule has 2 heterocycles. The van der Waals surface area contributed by atoms with Gasteiger partial charge in [-0.25, -0.2) is 4.57 Å². The first kappa shape index (κ1) is 46.1. The number of carbonyl (C=O) groups is 6. The molecule has 5 aliphatic rings. The lowest BCUT2D eigenvalue weighted by molar-refractivity contribution is -0.200. The molecule has 3 amide bonds. The van der Waals surface area contributed by atoms with Gasteiger partial charge in [-0.1, -0.05) is 53.6 Å². The van der Waals surface area contributed by atoms with Crippen molar-refractivity contribution in [2.45, 2.75) is 88.9 Å². The zero-order valence-electron chi connectivity index (χ0n) is 33.9. The van der Waals surface area contributed by atoms with Crippen LogP contribution in [-0.2, 0) is 53.8 Å². The molecule has 1 saturated heterocycles. The standard InChI is InChI=1S/C42H49BrN3O14PS/c1-40-14-13-25(47)16-23(40)5-9-27-28-17-33-42(32(49)21-58-61(55,56)57,41(28,2)18-30(48)37(27)40)60-39(59-33)31-11-8-26(62-31)15-22-3-6-24(7-4-22)45-38(54)29(10-12-36(52)53)46-35(51)20-44-34(50)19-43/h3-4,6-8,11,13-14,16,27-30,33,37,39,48H,5,9-10,12,15,17-21H2,1-2H3,(H,44,50)(H,45,54)(H,46,51)(H,52,53)(H2,55,56,57)/t27-,28-,29+,30-,33+,37+,39+,40-,41-,42+/m0/s1. The number of fused-ring (bicyclic) bond motifs is 7. The highest BCUT2D eigenvalue weighted by Gasteiger charge is 2.76. The first-order valence-electron chi connectivity index (χ1n) is 20.3. The number of carboxylic acids is 1. The number of rotatable bonds is 16. The molecule has 7 rings (SSSR count). The molecular formula is C42H49BrN3O14PS. The Labute approximate surface area is 369 Å². The molecule has 4 aliphatic carbocycles. The number of thiophene rings is 1. The van der Waals surface area contributed by atoms with Crippen molar-refractivity contribution in [3.05, 3.63) is 75.5 Å². The van der Waals surface area contributed by atoms with Gasteiger partial charge in [-0.15, -0.1) is 11.3 Å². The molecule has 7 N–H and O–H groups in total. The van der Waals surface area contributed by atoms with E-state index in [-0.39, 0.29) is 54.7 Å². The average molecular weight is 963 g/mol. The maximum atomic E-state index is 14.4. The van der Waals surface area contributed by atoms with Gasteiger partial charge in [-0.2, -0.15) is 0 Å². The number of carbonyl (C=O) groups excluding carboxylic acids is 5. The maximum absolute atomic E-state index is 14.4. The Bertz CT molecular complexity index is 2240. The van der Waals surface area contributed by atoms with Crippen LogP contribution in [0, 0.1) is 28.6 Å². The topological polar surface area (TPSA) is 264 Å². The summed E-state index contributed by atoms with van der Waals surface area (Å²) < 4.78 is 29.9. The van der Waals surface area contributed by atoms with Crippen LogP contribution in [0.4, 0.5) is 5.69 Å². The Morgan fingerprint density at radius 1 is 1.08 bits per heavy atom. The lowest BCUT2D eigenvalue weighted by Gasteiger charge is -2.59. The van der Waals surface area contributed by atoms with E-state index < -0.39 is 84.9 Å². The zero-order chi connectivity index (χ0) is 44.8. The van der Waals surface area contributed by atoms with Crippen LogP contribution in [0.3, 0.4) is 0 Å². The number of phosphoric acid groups is 1. The molecule has 334 valence electrons. The van der Waals surface area contributed by atoms with Crippen molar-refractivity contribution in [3.63, 3.8) is 0 Å². The van der Waals surface area contributed by atoms with Crippen molar-refractivity contribution >= 4 is 76.0 Å². The van der Waals surface area contributed by atoms with Crippen LogP contribution in [0.2, 0.25) is 0 Å². The Kier molecular flexibility index (Phi) is 13.3. The van der Waals surface area contributed by atoms with E-state index >= 15 is 0 Å². The molecule has 0 unspecified atom stereocenters. The van der Waals surface area contributed by atoms with Gasteiger partial charge in [0.05, 0.1) is 29.0 Å². The highest BCUT2D eigenvalue weighted by Crippen LogP contribution is 2.70. The van der Waals surface area contributed by atoms with Gasteiger partial charge in [0.1, 0.15) is 12.6 Å². The number of hydrogen-bond acceptors (Lipinski definition) is 12. The van der Waals surface area contributed by atoms with Crippen LogP contribution < -0.4 is 16.0 Å². The predicted molar refractivity (Wildman–Crippen MR) is 226 cm³/mol. The van der Waals surface area contributed by atoms with Crippen molar-refractivity contribution in [3.8, 4) is 0 Å². The quantitative estimate of drug-likeness (QED) is 0.0932. The molecule has 17 nitrogen and oxygen atoms in total. The van der Waals surface area contributed by atoms with E-state index in [1.54, 1.807) is 36.4 Å². The van der Waals surface area contributed by atoms with Crippen LogP contribution in [0.5, 0.6) is 0 Å². The Morgan fingerprint density at radius 3 is 2.52 bits per heavy atom. The third-order valence-electron chi connectivity index (χ3n) is 13.4. The number of benzene rings is 1. The van der Waals surface area contributed by atoms with Gasteiger partial charge in [0.15, 0.2) is 23.5 Å². The van der Waals surface area contributed by atoms with E-state index in [1.165, 1.54) is 11.3 Å². The minimum absolute atomic E-state index is 0.0150. The van der Waals surface area contributed by atoms with E-state index in [0.717, 1.165) is 16.0 Å². The summed E-state index contributed by atoms with van der Waals surface area (Å²) in [5.41, 5.74) is -0.992. The number of aliphatic hydroxyl groups is 1. The molecule has 0 radical (unpaired) electrons. The first-order valence-corrected chi connectivity index (χ1v) is 23.7. The normalized spacial score (nSPS) is 31.5. The number of aliphatic hydroxyl groups excluding tert-OH is 1. The average Bonchev–Trinajstić information content (AvgIpc) is 3.90. The number of allylic oxidation sites excluding steroid dienone is 4. The summed E-state index contributed by atoms with van der Waals surface area (Å²) in [6, 6.07) is 9.49. The second-order valence-electron chi connectivity index (χ2n) is 17.1. The fourth-order valence-corrected chi connectivity index (χ4v) is 12.2. The van der Waals surface area contributed by atoms with E-state index in [0.29, 0.717) is 36.2 Å². The van der Waals surface area contributed by atoms with E-state index in [2.05, 4.69) is 31.9 Å². The lowest BCUT2D eigenvalue weighted by Crippen LogP contribution is -2.63. The number of carboxylic acid groups (broad SMARTS) is 1. The van der Waals surface area contributed by atoms with E-state index in [1.807, 2.05) is 32.1 Å². The van der Waals surface area contributed by atoms with Crippen LogP contribution in [0.25, 0.3) is 0 Å². The minimum atomic E-state index is -5.03. The molecular weight excluding hydrogens is 913 g/mol. The van der Waals surface area contributed by atoms with Crippen molar-refractivity contribution in [2.24, 2.45) is 28.6 Å². The van der Waals surface area contributed by atoms with Crippen LogP contribution >= 0.6 is 35.1 Å². The molecule has 1 aromatic carbocycles. The summed E-state index contributed by atoms with van der Waals surface area (Å²) in [6.07, 6.45) is 4.22. The molecule has 0 spiro atoms. The lowest BCUT2D eigenvalue weighted by atomic mass is 9.46. The van der Waals surface area contributed by atoms with Gasteiger partial charge in [-0.3, -0.25) is 33.3 Å². The van der Waals surface area contributed by atoms with Crippen LogP contribution in [0.1, 0.15) is 74.0 Å². The number of halogens is 1. The highest BCUT2D eigenvalue weighted by molar-refractivity contribution is 9.09. The van der Waals surface area contributed by atoms with Gasteiger partial charge >= 0.3 is 13.8 Å². The number of ether oxygens (including phenoxy) is 2. The molecule has 4 fully saturated rings. The number of nitrogens with one attached hydrogen (secondary N) is 3. The first-order chi connectivity index (χ1) is 29.3. The minimum Gasteiger partial charge on any atom is -0.481 e. The van der Waals surface area contributed by atoms with Crippen molar-refractivity contribution < 1.29 is 67.3 Å². The van der Waals surface area contributed by atoms with Crippen molar-refractivity contribution in [2.75, 3.05) is 23.8 Å². The molecule has 3 saturated carbocycles. The molecule has 20 heteroatoms. The van der Waals surface area contributed by atoms with Gasteiger partial charge in [0, 0.05) is 40.2 Å². The third-order valence-corrected chi connectivity index (χ3v) is 15.5. The number of amides is 3. The monoisotopic (exact) mass is 961 g/mol. The second-order valence-corrected chi connectivity index (χ2v) is 20.1. The SMILES string of the molecule is C[C@]12C=CC(=O)C=C1CC[C@@H]1[C@@H]2[C@@H](O)C[C@@]2(C)[C@H]1C[C@H]1O[C@@H](c3ccc(Cc4ccc(NC(=O)[C@@H](CCC(=O)O)NC(=O)CNC(=O)CBr)cc4)s3)O[C@]12C(=O)COP(=O)(O)O. The van der Waals surface area contributed by atoms with Crippen LogP contribution in [0.15, 0.2) is 60.2 Å². The maximum Gasteiger partial charge on any atom is 0.470 e. The van der Waals surface area contributed by atoms with Gasteiger partial charge < -0.3 is 45.4 Å². The molecule has 0 bridgehead atoms. The van der Waals surface area contributed by atoms with E-state index in [9.17, 15) is 48.2 Å². The molecule has 1 aliphatic heterocycles. The molecule has 2 aromatic rings.